The first-order chi connectivity index (χ1) is 13.6. The van der Waals surface area contributed by atoms with E-state index in [1.54, 1.807) is 4.90 Å². The molecule has 7 heteroatoms. The van der Waals surface area contributed by atoms with Crippen LogP contribution >= 0.6 is 0 Å². The van der Waals surface area contributed by atoms with Crippen LogP contribution in [0, 0.1) is 11.7 Å². The molecule has 4 rings (SSSR count). The SMILES string of the molecule is O=C(c1cc(F)ccn1)C1CC2COCC(C1)N2C(=O)OCc1ccccc1. The van der Waals surface area contributed by atoms with Gasteiger partial charge in [0.15, 0.2) is 5.78 Å². The van der Waals surface area contributed by atoms with Gasteiger partial charge in [0.05, 0.1) is 25.3 Å². The van der Waals surface area contributed by atoms with Gasteiger partial charge in [-0.05, 0) is 24.5 Å². The van der Waals surface area contributed by atoms with Crippen molar-refractivity contribution in [3.8, 4) is 0 Å². The number of Topliss-reactive ketones (excluding diaryl/α,β-unsaturated/α-hetero) is 1. The van der Waals surface area contributed by atoms with Crippen molar-refractivity contribution in [2.24, 2.45) is 5.92 Å². The zero-order valence-electron chi connectivity index (χ0n) is 15.3. The quantitative estimate of drug-likeness (QED) is 0.757. The largest absolute Gasteiger partial charge is 0.445 e. The lowest BCUT2D eigenvalue weighted by Gasteiger charge is -2.47. The Morgan fingerprint density at radius 3 is 2.54 bits per heavy atom. The molecule has 2 aliphatic heterocycles. The fourth-order valence-electron chi connectivity index (χ4n) is 3.97. The van der Waals surface area contributed by atoms with E-state index in [0.29, 0.717) is 26.1 Å². The number of morpholine rings is 1. The van der Waals surface area contributed by atoms with Crippen LogP contribution < -0.4 is 0 Å². The van der Waals surface area contributed by atoms with Crippen molar-refractivity contribution in [1.29, 1.82) is 0 Å². The minimum absolute atomic E-state index is 0.129. The van der Waals surface area contributed by atoms with E-state index in [-0.39, 0.29) is 36.1 Å². The lowest BCUT2D eigenvalue weighted by molar-refractivity contribution is -0.0756. The number of rotatable bonds is 4. The van der Waals surface area contributed by atoms with Gasteiger partial charge in [0.2, 0.25) is 0 Å². The summed E-state index contributed by atoms with van der Waals surface area (Å²) in [5.74, 6) is -0.983. The standard InChI is InChI=1S/C21H21FN2O4/c22-16-6-7-23-19(10-16)20(25)15-8-17-12-27-13-18(9-15)24(17)21(26)28-11-14-4-2-1-3-5-14/h1-7,10,15,17-18H,8-9,11-13H2. The second-order valence-electron chi connectivity index (χ2n) is 7.18. The number of hydrogen-bond acceptors (Lipinski definition) is 5. The number of ether oxygens (including phenoxy) is 2. The number of piperidine rings is 1. The highest BCUT2D eigenvalue weighted by molar-refractivity contribution is 5.96. The summed E-state index contributed by atoms with van der Waals surface area (Å²) in [7, 11) is 0. The van der Waals surface area contributed by atoms with Gasteiger partial charge >= 0.3 is 6.09 Å². The van der Waals surface area contributed by atoms with E-state index in [0.717, 1.165) is 11.6 Å². The molecule has 2 unspecified atom stereocenters. The molecule has 2 bridgehead atoms. The maximum atomic E-state index is 13.4. The van der Waals surface area contributed by atoms with E-state index in [1.165, 1.54) is 12.3 Å². The summed E-state index contributed by atoms with van der Waals surface area (Å²) in [6.45, 7) is 0.917. The van der Waals surface area contributed by atoms with Gasteiger partial charge in [0.25, 0.3) is 0 Å². The maximum Gasteiger partial charge on any atom is 0.410 e. The Morgan fingerprint density at radius 2 is 1.86 bits per heavy atom. The highest BCUT2D eigenvalue weighted by Gasteiger charge is 2.44. The van der Waals surface area contributed by atoms with Crippen molar-refractivity contribution < 1.29 is 23.5 Å². The Morgan fingerprint density at radius 1 is 1.14 bits per heavy atom. The van der Waals surface area contributed by atoms with Gasteiger partial charge in [-0.3, -0.25) is 14.7 Å². The Labute approximate surface area is 162 Å². The number of halogens is 1. The van der Waals surface area contributed by atoms with Crippen LogP contribution in [0.2, 0.25) is 0 Å². The number of hydrogen-bond donors (Lipinski definition) is 0. The Bertz CT molecular complexity index is 846. The number of carbonyl (C=O) groups excluding carboxylic acids is 2. The zero-order valence-corrected chi connectivity index (χ0v) is 15.3. The second-order valence-corrected chi connectivity index (χ2v) is 7.18. The van der Waals surface area contributed by atoms with Crippen molar-refractivity contribution in [2.45, 2.75) is 31.5 Å². The fraction of sp³-hybridized carbons (Fsp3) is 0.381. The average molecular weight is 384 g/mol. The van der Waals surface area contributed by atoms with Crippen LogP contribution in [0.4, 0.5) is 9.18 Å². The van der Waals surface area contributed by atoms with Crippen molar-refractivity contribution >= 4 is 11.9 Å². The first-order valence-corrected chi connectivity index (χ1v) is 9.34. The number of benzene rings is 1. The minimum atomic E-state index is -0.483. The van der Waals surface area contributed by atoms with Crippen molar-refractivity contribution in [3.63, 3.8) is 0 Å². The summed E-state index contributed by atoms with van der Waals surface area (Å²) in [6.07, 6.45) is 1.81. The topological polar surface area (TPSA) is 68.7 Å². The third kappa shape index (κ3) is 3.89. The lowest BCUT2D eigenvalue weighted by Crippen LogP contribution is -2.60. The fourth-order valence-corrected chi connectivity index (χ4v) is 3.97. The molecular formula is C21H21FN2O4. The molecule has 0 N–H and O–H groups in total. The molecule has 2 aromatic rings. The number of fused-ring (bicyclic) bond motifs is 2. The Kier molecular flexibility index (Phi) is 5.34. The van der Waals surface area contributed by atoms with Crippen LogP contribution in [0.3, 0.4) is 0 Å². The van der Waals surface area contributed by atoms with Crippen LogP contribution in [0.1, 0.15) is 28.9 Å². The number of carbonyl (C=O) groups is 2. The molecule has 2 fully saturated rings. The van der Waals surface area contributed by atoms with Crippen molar-refractivity contribution in [1.82, 2.24) is 9.88 Å². The first-order valence-electron chi connectivity index (χ1n) is 9.34. The normalized spacial score (nSPS) is 23.9. The minimum Gasteiger partial charge on any atom is -0.445 e. The Balaban J connectivity index is 1.43. The van der Waals surface area contributed by atoms with Crippen LogP contribution in [0.25, 0.3) is 0 Å². The number of ketones is 1. The molecular weight excluding hydrogens is 363 g/mol. The lowest BCUT2D eigenvalue weighted by atomic mass is 9.82. The van der Waals surface area contributed by atoms with Crippen LogP contribution in [0.15, 0.2) is 48.7 Å². The van der Waals surface area contributed by atoms with Gasteiger partial charge in [-0.15, -0.1) is 0 Å². The van der Waals surface area contributed by atoms with Gasteiger partial charge in [-0.2, -0.15) is 0 Å². The number of amides is 1. The first kappa shape index (κ1) is 18.6. The molecule has 0 spiro atoms. The molecule has 2 atom stereocenters. The number of aromatic nitrogens is 1. The van der Waals surface area contributed by atoms with Gasteiger partial charge in [-0.25, -0.2) is 9.18 Å². The van der Waals surface area contributed by atoms with E-state index in [4.69, 9.17) is 9.47 Å². The predicted molar refractivity (Wildman–Crippen MR) is 98.1 cm³/mol. The van der Waals surface area contributed by atoms with E-state index in [2.05, 4.69) is 4.98 Å². The maximum absolute atomic E-state index is 13.4. The van der Waals surface area contributed by atoms with E-state index < -0.39 is 11.9 Å². The molecule has 146 valence electrons. The molecule has 3 heterocycles. The molecule has 2 aliphatic rings. The van der Waals surface area contributed by atoms with Crippen LogP contribution in [-0.4, -0.2) is 47.1 Å². The van der Waals surface area contributed by atoms with Crippen LogP contribution in [0.5, 0.6) is 0 Å². The summed E-state index contributed by atoms with van der Waals surface area (Å²) in [6, 6.07) is 11.4. The molecule has 28 heavy (non-hydrogen) atoms. The third-order valence-electron chi connectivity index (χ3n) is 5.28. The summed E-state index contributed by atoms with van der Waals surface area (Å²) < 4.78 is 24.5. The molecule has 0 radical (unpaired) electrons. The van der Waals surface area contributed by atoms with Crippen molar-refractivity contribution in [3.05, 3.63) is 65.7 Å². The van der Waals surface area contributed by atoms with Gasteiger partial charge in [0.1, 0.15) is 18.1 Å². The summed E-state index contributed by atoms with van der Waals surface area (Å²) in [5.41, 5.74) is 1.04. The number of pyridine rings is 1. The van der Waals surface area contributed by atoms with Crippen molar-refractivity contribution in [2.75, 3.05) is 13.2 Å². The molecule has 0 saturated carbocycles. The average Bonchev–Trinajstić information content (AvgIpc) is 2.71. The summed E-state index contributed by atoms with van der Waals surface area (Å²) >= 11 is 0. The molecule has 0 aliphatic carbocycles. The van der Waals surface area contributed by atoms with Gasteiger partial charge < -0.3 is 9.47 Å². The summed E-state index contributed by atoms with van der Waals surface area (Å²) in [5, 5.41) is 0. The third-order valence-corrected chi connectivity index (χ3v) is 5.28. The highest BCUT2D eigenvalue weighted by Crippen LogP contribution is 2.34. The van der Waals surface area contributed by atoms with E-state index in [1.807, 2.05) is 30.3 Å². The van der Waals surface area contributed by atoms with E-state index >= 15 is 0 Å². The molecule has 6 nitrogen and oxygen atoms in total. The smallest absolute Gasteiger partial charge is 0.410 e. The molecule has 1 aromatic heterocycles. The second kappa shape index (κ2) is 8.06. The number of nitrogens with zero attached hydrogens (tertiary/aromatic N) is 2. The monoisotopic (exact) mass is 384 g/mol. The van der Waals surface area contributed by atoms with E-state index in [9.17, 15) is 14.0 Å². The highest BCUT2D eigenvalue weighted by atomic mass is 19.1. The molecule has 2 saturated heterocycles. The summed E-state index contributed by atoms with van der Waals surface area (Å²) in [4.78, 5) is 31.1. The van der Waals surface area contributed by atoms with Gasteiger partial charge in [0, 0.05) is 18.2 Å². The predicted octanol–water partition coefficient (Wildman–Crippen LogP) is 3.22. The Hall–Kier alpha value is -2.80. The molecule has 1 amide bonds. The van der Waals surface area contributed by atoms with Gasteiger partial charge in [-0.1, -0.05) is 30.3 Å². The molecule has 1 aromatic carbocycles. The zero-order chi connectivity index (χ0) is 19.5. The van der Waals surface area contributed by atoms with Crippen LogP contribution in [-0.2, 0) is 16.1 Å².